The minimum Gasteiger partial charge on any atom is -0.313 e. The Kier molecular flexibility index (Phi) is 0.524. The maximum absolute atomic E-state index is 5.39. The fraction of sp³-hybridized carbons (Fsp3) is 1.00. The molecule has 0 saturated heterocycles. The molecule has 1 aliphatic carbocycles. The molecular weight excluding hydrogens is 76.1 g/mol. The Morgan fingerprint density at radius 1 is 1.67 bits per heavy atom. The van der Waals surface area contributed by atoms with Crippen molar-refractivity contribution < 1.29 is 0 Å². The first-order valence-corrected chi connectivity index (χ1v) is 2.21. The van der Waals surface area contributed by atoms with Crippen LogP contribution in [0.4, 0.5) is 0 Å². The second-order valence-corrected chi connectivity index (χ2v) is 2.22. The standard InChI is InChI=1S/C4H10N2/c1-3-2-4(3,5)6/h3H,2,5-6H2,1H3. The van der Waals surface area contributed by atoms with E-state index in [2.05, 4.69) is 6.92 Å². The Morgan fingerprint density at radius 3 is 1.83 bits per heavy atom. The van der Waals surface area contributed by atoms with E-state index in [-0.39, 0.29) is 5.66 Å². The summed E-state index contributed by atoms with van der Waals surface area (Å²) in [5, 5.41) is 0. The molecule has 0 spiro atoms. The van der Waals surface area contributed by atoms with E-state index in [1.165, 1.54) is 0 Å². The molecule has 6 heavy (non-hydrogen) atoms. The molecule has 1 atom stereocenters. The van der Waals surface area contributed by atoms with E-state index in [1.54, 1.807) is 0 Å². The minimum atomic E-state index is -0.292. The lowest BCUT2D eigenvalue weighted by molar-refractivity contribution is 0.651. The first-order chi connectivity index (χ1) is 2.63. The van der Waals surface area contributed by atoms with Gasteiger partial charge >= 0.3 is 0 Å². The predicted molar refractivity (Wildman–Crippen MR) is 24.9 cm³/mol. The largest absolute Gasteiger partial charge is 0.313 e. The van der Waals surface area contributed by atoms with Crippen LogP contribution in [0.1, 0.15) is 13.3 Å². The van der Waals surface area contributed by atoms with Crippen molar-refractivity contribution in [2.75, 3.05) is 0 Å². The topological polar surface area (TPSA) is 52.0 Å². The zero-order chi connectivity index (χ0) is 4.78. The third kappa shape index (κ3) is 0.420. The van der Waals surface area contributed by atoms with Crippen molar-refractivity contribution in [3.8, 4) is 0 Å². The molecule has 0 aromatic heterocycles. The maximum Gasteiger partial charge on any atom is 0.0667 e. The maximum atomic E-state index is 5.39. The van der Waals surface area contributed by atoms with Gasteiger partial charge in [-0.2, -0.15) is 0 Å². The average Bonchev–Trinajstić information content (AvgIpc) is 1.73. The van der Waals surface area contributed by atoms with E-state index in [0.717, 1.165) is 6.42 Å². The van der Waals surface area contributed by atoms with Crippen LogP contribution in [-0.2, 0) is 0 Å². The van der Waals surface area contributed by atoms with E-state index in [4.69, 9.17) is 11.5 Å². The molecule has 36 valence electrons. The highest BCUT2D eigenvalue weighted by Gasteiger charge is 2.43. The van der Waals surface area contributed by atoms with Gasteiger partial charge in [-0.1, -0.05) is 6.92 Å². The van der Waals surface area contributed by atoms with Crippen molar-refractivity contribution in [1.82, 2.24) is 0 Å². The van der Waals surface area contributed by atoms with Gasteiger partial charge in [-0.15, -0.1) is 0 Å². The molecule has 0 bridgehead atoms. The molecule has 0 radical (unpaired) electrons. The summed E-state index contributed by atoms with van der Waals surface area (Å²) in [5.74, 6) is 0.553. The summed E-state index contributed by atoms with van der Waals surface area (Å²) in [7, 11) is 0. The smallest absolute Gasteiger partial charge is 0.0667 e. The van der Waals surface area contributed by atoms with Crippen molar-refractivity contribution >= 4 is 0 Å². The molecule has 1 fully saturated rings. The van der Waals surface area contributed by atoms with Crippen molar-refractivity contribution in [3.63, 3.8) is 0 Å². The summed E-state index contributed by atoms with van der Waals surface area (Å²) in [6.45, 7) is 2.06. The van der Waals surface area contributed by atoms with Gasteiger partial charge in [-0.3, -0.25) is 0 Å². The second kappa shape index (κ2) is 0.768. The quantitative estimate of drug-likeness (QED) is 0.395. The van der Waals surface area contributed by atoms with Gasteiger partial charge in [-0.25, -0.2) is 0 Å². The highest BCUT2D eigenvalue weighted by Crippen LogP contribution is 2.34. The summed E-state index contributed by atoms with van der Waals surface area (Å²) >= 11 is 0. The number of nitrogens with two attached hydrogens (primary N) is 2. The van der Waals surface area contributed by atoms with Crippen LogP contribution in [-0.4, -0.2) is 5.66 Å². The first kappa shape index (κ1) is 4.09. The number of rotatable bonds is 0. The van der Waals surface area contributed by atoms with Gasteiger partial charge < -0.3 is 11.5 Å². The summed E-state index contributed by atoms with van der Waals surface area (Å²) < 4.78 is 0. The molecule has 1 aliphatic rings. The van der Waals surface area contributed by atoms with Gasteiger partial charge in [0.2, 0.25) is 0 Å². The molecule has 0 heterocycles. The number of hydrogen-bond acceptors (Lipinski definition) is 2. The van der Waals surface area contributed by atoms with Gasteiger partial charge in [0.25, 0.3) is 0 Å². The van der Waals surface area contributed by atoms with Crippen LogP contribution in [0.3, 0.4) is 0 Å². The van der Waals surface area contributed by atoms with Gasteiger partial charge in [0.05, 0.1) is 5.66 Å². The molecule has 0 aromatic carbocycles. The van der Waals surface area contributed by atoms with Crippen molar-refractivity contribution in [3.05, 3.63) is 0 Å². The third-order valence-corrected chi connectivity index (χ3v) is 1.42. The molecule has 0 aromatic rings. The van der Waals surface area contributed by atoms with E-state index >= 15 is 0 Å². The lowest BCUT2D eigenvalue weighted by Gasteiger charge is -1.94. The van der Waals surface area contributed by atoms with Crippen molar-refractivity contribution in [2.24, 2.45) is 17.4 Å². The third-order valence-electron chi connectivity index (χ3n) is 1.42. The normalized spacial score (nSPS) is 39.5. The highest BCUT2D eigenvalue weighted by molar-refractivity contribution is 4.99. The number of hydrogen-bond donors (Lipinski definition) is 2. The van der Waals surface area contributed by atoms with Crippen LogP contribution in [0.15, 0.2) is 0 Å². The van der Waals surface area contributed by atoms with Crippen LogP contribution in [0.25, 0.3) is 0 Å². The molecule has 1 saturated carbocycles. The molecule has 1 rings (SSSR count). The van der Waals surface area contributed by atoms with Gasteiger partial charge in [0.1, 0.15) is 0 Å². The molecule has 1 unspecified atom stereocenters. The van der Waals surface area contributed by atoms with Gasteiger partial charge in [0.15, 0.2) is 0 Å². The minimum absolute atomic E-state index is 0.292. The highest BCUT2D eigenvalue weighted by atomic mass is 15.0. The summed E-state index contributed by atoms with van der Waals surface area (Å²) in [4.78, 5) is 0. The zero-order valence-corrected chi connectivity index (χ0v) is 3.94. The molecule has 0 aliphatic heterocycles. The fourth-order valence-corrected chi connectivity index (χ4v) is 0.471. The molecular formula is C4H10N2. The summed E-state index contributed by atoms with van der Waals surface area (Å²) in [6, 6.07) is 0. The average molecular weight is 86.1 g/mol. The Bertz CT molecular complexity index is 67.9. The fourth-order valence-electron chi connectivity index (χ4n) is 0.471. The monoisotopic (exact) mass is 86.1 g/mol. The van der Waals surface area contributed by atoms with Crippen LogP contribution in [0.5, 0.6) is 0 Å². The predicted octanol–water partition coefficient (Wildman–Crippen LogP) is -0.360. The van der Waals surface area contributed by atoms with Crippen LogP contribution in [0, 0.1) is 5.92 Å². The Balaban J connectivity index is 2.41. The Hall–Kier alpha value is -0.0800. The lowest BCUT2D eigenvalue weighted by Crippen LogP contribution is -2.34. The molecule has 0 amide bonds. The van der Waals surface area contributed by atoms with Crippen molar-refractivity contribution in [1.29, 1.82) is 0 Å². The van der Waals surface area contributed by atoms with Crippen LogP contribution in [0.2, 0.25) is 0 Å². The summed E-state index contributed by atoms with van der Waals surface area (Å²) in [6.07, 6.45) is 0.993. The van der Waals surface area contributed by atoms with Gasteiger partial charge in [0, 0.05) is 0 Å². The Labute approximate surface area is 37.5 Å². The first-order valence-electron chi connectivity index (χ1n) is 2.21. The van der Waals surface area contributed by atoms with E-state index in [9.17, 15) is 0 Å². The summed E-state index contributed by atoms with van der Waals surface area (Å²) in [5.41, 5.74) is 10.5. The molecule has 2 nitrogen and oxygen atoms in total. The van der Waals surface area contributed by atoms with Gasteiger partial charge in [-0.05, 0) is 12.3 Å². The van der Waals surface area contributed by atoms with E-state index in [0.29, 0.717) is 5.92 Å². The van der Waals surface area contributed by atoms with Crippen LogP contribution < -0.4 is 11.5 Å². The van der Waals surface area contributed by atoms with E-state index in [1.807, 2.05) is 0 Å². The lowest BCUT2D eigenvalue weighted by atomic mass is 10.4. The second-order valence-electron chi connectivity index (χ2n) is 2.22. The zero-order valence-electron chi connectivity index (χ0n) is 3.94. The SMILES string of the molecule is CC1CC1(N)N. The molecule has 4 N–H and O–H groups in total. The Morgan fingerprint density at radius 2 is 1.83 bits per heavy atom. The molecule has 2 heteroatoms. The van der Waals surface area contributed by atoms with E-state index < -0.39 is 0 Å². The van der Waals surface area contributed by atoms with Crippen molar-refractivity contribution in [2.45, 2.75) is 19.0 Å². The van der Waals surface area contributed by atoms with Crippen LogP contribution >= 0.6 is 0 Å².